The third-order valence-corrected chi connectivity index (χ3v) is 5.02. The molecule has 2 aromatic rings. The standard InChI is InChI=1S/C24H35NO/c1-18(2)17-23(26-21-14-12-20(25)13-15-21)22(24(3,4)5)16-11-19-9-7-6-8-10-19/h6-10,12-15,18,22-23H,11,16-17,25H2,1-5H3. The topological polar surface area (TPSA) is 35.2 Å². The highest BCUT2D eigenvalue weighted by Gasteiger charge is 2.33. The van der Waals surface area contributed by atoms with Crippen molar-refractivity contribution in [3.8, 4) is 5.75 Å². The fourth-order valence-electron chi connectivity index (χ4n) is 3.62. The summed E-state index contributed by atoms with van der Waals surface area (Å²) < 4.78 is 6.50. The zero-order valence-corrected chi connectivity index (χ0v) is 17.0. The zero-order valence-electron chi connectivity index (χ0n) is 17.0. The number of hydrogen-bond donors (Lipinski definition) is 1. The lowest BCUT2D eigenvalue weighted by Crippen LogP contribution is -2.37. The minimum absolute atomic E-state index is 0.183. The SMILES string of the molecule is CC(C)CC(Oc1ccc(N)cc1)C(CCc1ccccc1)C(C)(C)C. The van der Waals surface area contributed by atoms with Gasteiger partial charge in [-0.2, -0.15) is 0 Å². The van der Waals surface area contributed by atoms with Crippen molar-refractivity contribution in [2.75, 3.05) is 5.73 Å². The molecule has 2 rings (SSSR count). The molecule has 2 nitrogen and oxygen atoms in total. The first kappa shape index (κ1) is 20.4. The summed E-state index contributed by atoms with van der Waals surface area (Å²) in [6.45, 7) is 11.6. The molecule has 0 radical (unpaired) electrons. The van der Waals surface area contributed by atoms with E-state index in [9.17, 15) is 0 Å². The van der Waals surface area contributed by atoms with Gasteiger partial charge in [0.2, 0.25) is 0 Å². The number of rotatable bonds is 8. The van der Waals surface area contributed by atoms with Crippen molar-refractivity contribution >= 4 is 5.69 Å². The van der Waals surface area contributed by atoms with E-state index in [1.54, 1.807) is 0 Å². The van der Waals surface area contributed by atoms with E-state index in [2.05, 4.69) is 65.0 Å². The van der Waals surface area contributed by atoms with E-state index in [-0.39, 0.29) is 11.5 Å². The lowest BCUT2D eigenvalue weighted by Gasteiger charge is -2.38. The predicted octanol–water partition coefficient (Wildman–Crippen LogP) is 6.36. The number of aryl methyl sites for hydroxylation is 1. The maximum atomic E-state index is 6.50. The fraction of sp³-hybridized carbons (Fsp3) is 0.500. The largest absolute Gasteiger partial charge is 0.490 e. The molecule has 0 spiro atoms. The highest BCUT2D eigenvalue weighted by molar-refractivity contribution is 5.41. The number of nitrogens with two attached hydrogens (primary N) is 1. The van der Waals surface area contributed by atoms with Crippen LogP contribution in [0, 0.1) is 17.3 Å². The summed E-state index contributed by atoms with van der Waals surface area (Å²) in [6, 6.07) is 18.6. The lowest BCUT2D eigenvalue weighted by molar-refractivity contribution is 0.0417. The van der Waals surface area contributed by atoms with Crippen molar-refractivity contribution in [1.29, 1.82) is 0 Å². The van der Waals surface area contributed by atoms with Gasteiger partial charge in [0, 0.05) is 11.6 Å². The van der Waals surface area contributed by atoms with E-state index >= 15 is 0 Å². The minimum atomic E-state index is 0.183. The average molecular weight is 354 g/mol. The molecule has 0 aliphatic rings. The van der Waals surface area contributed by atoms with Gasteiger partial charge >= 0.3 is 0 Å². The van der Waals surface area contributed by atoms with Crippen molar-refractivity contribution in [3.05, 3.63) is 60.2 Å². The van der Waals surface area contributed by atoms with E-state index in [4.69, 9.17) is 10.5 Å². The number of ether oxygens (including phenoxy) is 1. The molecule has 2 N–H and O–H groups in total. The zero-order chi connectivity index (χ0) is 19.2. The van der Waals surface area contributed by atoms with Gasteiger partial charge < -0.3 is 10.5 Å². The smallest absolute Gasteiger partial charge is 0.119 e. The van der Waals surface area contributed by atoms with Crippen LogP contribution >= 0.6 is 0 Å². The molecule has 2 aromatic carbocycles. The molecule has 2 atom stereocenters. The molecule has 0 bridgehead atoms. The Morgan fingerprint density at radius 1 is 0.923 bits per heavy atom. The normalized spacial score (nSPS) is 14.2. The van der Waals surface area contributed by atoms with E-state index in [0.717, 1.165) is 30.7 Å². The minimum Gasteiger partial charge on any atom is -0.490 e. The van der Waals surface area contributed by atoms with Crippen molar-refractivity contribution in [3.63, 3.8) is 0 Å². The maximum Gasteiger partial charge on any atom is 0.119 e. The second-order valence-electron chi connectivity index (χ2n) is 8.85. The second kappa shape index (κ2) is 9.12. The van der Waals surface area contributed by atoms with E-state index in [1.165, 1.54) is 5.56 Å². The molecule has 0 saturated carbocycles. The van der Waals surface area contributed by atoms with Crippen molar-refractivity contribution in [2.45, 2.75) is 60.0 Å². The Hall–Kier alpha value is -1.96. The first-order chi connectivity index (χ1) is 12.3. The fourth-order valence-corrected chi connectivity index (χ4v) is 3.62. The second-order valence-corrected chi connectivity index (χ2v) is 8.85. The quantitative estimate of drug-likeness (QED) is 0.561. The van der Waals surface area contributed by atoms with Crippen LogP contribution in [0.3, 0.4) is 0 Å². The van der Waals surface area contributed by atoms with Gasteiger partial charge in [-0.1, -0.05) is 65.0 Å². The van der Waals surface area contributed by atoms with Crippen molar-refractivity contribution in [2.24, 2.45) is 17.3 Å². The van der Waals surface area contributed by atoms with Crippen LogP contribution in [0.1, 0.15) is 53.0 Å². The third kappa shape index (κ3) is 6.40. The van der Waals surface area contributed by atoms with Gasteiger partial charge in [-0.3, -0.25) is 0 Å². The number of nitrogen functional groups attached to an aromatic ring is 1. The molecule has 0 aromatic heterocycles. The summed E-state index contributed by atoms with van der Waals surface area (Å²) in [5.74, 6) is 1.98. The Kier molecular flexibility index (Phi) is 7.14. The van der Waals surface area contributed by atoms with Crippen LogP contribution in [0.2, 0.25) is 0 Å². The van der Waals surface area contributed by atoms with Crippen LogP contribution in [0.25, 0.3) is 0 Å². The summed E-state index contributed by atoms with van der Waals surface area (Å²) >= 11 is 0. The highest BCUT2D eigenvalue weighted by atomic mass is 16.5. The van der Waals surface area contributed by atoms with Crippen LogP contribution in [0.4, 0.5) is 5.69 Å². The Morgan fingerprint density at radius 2 is 1.54 bits per heavy atom. The Labute approximate surface area is 159 Å². The van der Waals surface area contributed by atoms with Gasteiger partial charge in [0.15, 0.2) is 0 Å². The summed E-state index contributed by atoms with van der Waals surface area (Å²) in [7, 11) is 0. The van der Waals surface area contributed by atoms with E-state index < -0.39 is 0 Å². The Bertz CT molecular complexity index is 640. The molecule has 0 fully saturated rings. The molecule has 142 valence electrons. The number of hydrogen-bond acceptors (Lipinski definition) is 2. The van der Waals surface area contributed by atoms with Gasteiger partial charge in [-0.15, -0.1) is 0 Å². The molecule has 0 saturated heterocycles. The first-order valence-corrected chi connectivity index (χ1v) is 9.82. The Morgan fingerprint density at radius 3 is 2.08 bits per heavy atom. The van der Waals surface area contributed by atoms with Crippen LogP contribution in [-0.2, 0) is 6.42 Å². The average Bonchev–Trinajstić information content (AvgIpc) is 2.56. The van der Waals surface area contributed by atoms with Crippen LogP contribution in [0.5, 0.6) is 5.75 Å². The number of anilines is 1. The maximum absolute atomic E-state index is 6.50. The highest BCUT2D eigenvalue weighted by Crippen LogP contribution is 2.37. The molecule has 0 amide bonds. The van der Waals surface area contributed by atoms with E-state index in [0.29, 0.717) is 11.8 Å². The molecule has 0 heterocycles. The van der Waals surface area contributed by atoms with E-state index in [1.807, 2.05) is 24.3 Å². The molecule has 0 aliphatic carbocycles. The molecule has 2 unspecified atom stereocenters. The van der Waals surface area contributed by atoms with Crippen molar-refractivity contribution in [1.82, 2.24) is 0 Å². The Balaban J connectivity index is 2.18. The van der Waals surface area contributed by atoms with Crippen LogP contribution in [-0.4, -0.2) is 6.10 Å². The molecular formula is C24H35NO. The van der Waals surface area contributed by atoms with Gasteiger partial charge in [0.05, 0.1) is 0 Å². The summed E-state index contributed by atoms with van der Waals surface area (Å²) in [6.07, 6.45) is 3.46. The summed E-state index contributed by atoms with van der Waals surface area (Å²) in [4.78, 5) is 0. The number of benzene rings is 2. The monoisotopic (exact) mass is 353 g/mol. The molecule has 26 heavy (non-hydrogen) atoms. The summed E-state index contributed by atoms with van der Waals surface area (Å²) in [5.41, 5.74) is 8.18. The third-order valence-electron chi connectivity index (χ3n) is 5.02. The van der Waals surface area contributed by atoms with Gasteiger partial charge in [0.1, 0.15) is 11.9 Å². The first-order valence-electron chi connectivity index (χ1n) is 9.82. The van der Waals surface area contributed by atoms with Crippen LogP contribution in [0.15, 0.2) is 54.6 Å². The van der Waals surface area contributed by atoms with Gasteiger partial charge in [-0.25, -0.2) is 0 Å². The molecule has 0 aliphatic heterocycles. The molecular weight excluding hydrogens is 318 g/mol. The lowest BCUT2D eigenvalue weighted by atomic mass is 9.72. The summed E-state index contributed by atoms with van der Waals surface area (Å²) in [5, 5.41) is 0. The molecule has 2 heteroatoms. The predicted molar refractivity (Wildman–Crippen MR) is 112 cm³/mol. The van der Waals surface area contributed by atoms with Gasteiger partial charge in [-0.05, 0) is 60.4 Å². The van der Waals surface area contributed by atoms with Crippen LogP contribution < -0.4 is 10.5 Å². The van der Waals surface area contributed by atoms with Crippen molar-refractivity contribution < 1.29 is 4.74 Å². The van der Waals surface area contributed by atoms with Gasteiger partial charge in [0.25, 0.3) is 0 Å².